The van der Waals surface area contributed by atoms with Crippen LogP contribution in [0.1, 0.15) is 11.1 Å². The van der Waals surface area contributed by atoms with E-state index in [1.54, 1.807) is 36.4 Å². The Labute approximate surface area is 126 Å². The van der Waals surface area contributed by atoms with Crippen LogP contribution in [-0.4, -0.2) is 0 Å². The standard InChI is InChI=1S/C14H8Cl3NO/c15-12-4-5-13(16)14(17)11(12)8-19-10-3-1-2-9(6-10)7-18/h1-6H,8H2. The number of halogens is 3. The van der Waals surface area contributed by atoms with Crippen molar-refractivity contribution in [3.8, 4) is 11.8 Å². The van der Waals surface area contributed by atoms with E-state index in [4.69, 9.17) is 44.8 Å². The van der Waals surface area contributed by atoms with Gasteiger partial charge in [0.05, 0.1) is 21.7 Å². The van der Waals surface area contributed by atoms with Crippen molar-refractivity contribution in [1.82, 2.24) is 0 Å². The van der Waals surface area contributed by atoms with Gasteiger partial charge >= 0.3 is 0 Å². The van der Waals surface area contributed by atoms with Crippen molar-refractivity contribution >= 4 is 34.8 Å². The number of ether oxygens (including phenoxy) is 1. The predicted molar refractivity (Wildman–Crippen MR) is 77.0 cm³/mol. The van der Waals surface area contributed by atoms with Gasteiger partial charge in [-0.1, -0.05) is 40.9 Å². The zero-order valence-electron chi connectivity index (χ0n) is 9.66. The number of nitriles is 1. The summed E-state index contributed by atoms with van der Waals surface area (Å²) in [6.45, 7) is 0.188. The lowest BCUT2D eigenvalue weighted by atomic mass is 10.2. The van der Waals surface area contributed by atoms with E-state index in [1.165, 1.54) is 0 Å². The van der Waals surface area contributed by atoms with Crippen LogP contribution in [0.3, 0.4) is 0 Å². The minimum atomic E-state index is 0.188. The lowest BCUT2D eigenvalue weighted by Gasteiger charge is -2.10. The Bertz CT molecular complexity index is 650. The monoisotopic (exact) mass is 311 g/mol. The molecule has 0 fully saturated rings. The van der Waals surface area contributed by atoms with Gasteiger partial charge in [-0.05, 0) is 30.3 Å². The molecule has 0 aliphatic carbocycles. The number of benzene rings is 2. The number of hydrogen-bond donors (Lipinski definition) is 0. The normalized spacial score (nSPS) is 10.0. The molecule has 2 aromatic rings. The molecule has 96 valence electrons. The average molecular weight is 313 g/mol. The Balaban J connectivity index is 2.19. The van der Waals surface area contributed by atoms with E-state index in [-0.39, 0.29) is 6.61 Å². The highest BCUT2D eigenvalue weighted by atomic mass is 35.5. The van der Waals surface area contributed by atoms with E-state index in [0.29, 0.717) is 31.9 Å². The van der Waals surface area contributed by atoms with E-state index >= 15 is 0 Å². The Morgan fingerprint density at radius 3 is 2.53 bits per heavy atom. The maximum absolute atomic E-state index is 8.81. The third kappa shape index (κ3) is 3.33. The van der Waals surface area contributed by atoms with Crippen molar-refractivity contribution in [2.24, 2.45) is 0 Å². The van der Waals surface area contributed by atoms with Crippen LogP contribution in [0, 0.1) is 11.3 Å². The molecule has 5 heteroatoms. The second-order valence-corrected chi connectivity index (χ2v) is 4.94. The third-order valence-electron chi connectivity index (χ3n) is 2.49. The van der Waals surface area contributed by atoms with Crippen molar-refractivity contribution in [1.29, 1.82) is 5.26 Å². The Kier molecular flexibility index (Phi) is 4.55. The highest BCUT2D eigenvalue weighted by Gasteiger charge is 2.10. The van der Waals surface area contributed by atoms with Crippen molar-refractivity contribution in [3.63, 3.8) is 0 Å². The van der Waals surface area contributed by atoms with Gasteiger partial charge in [0.25, 0.3) is 0 Å². The van der Waals surface area contributed by atoms with Gasteiger partial charge in [0.2, 0.25) is 0 Å². The Morgan fingerprint density at radius 1 is 1.05 bits per heavy atom. The molecule has 2 aromatic carbocycles. The molecule has 0 unspecified atom stereocenters. The predicted octanol–water partition coefficient (Wildman–Crippen LogP) is 5.10. The van der Waals surface area contributed by atoms with Gasteiger partial charge in [-0.15, -0.1) is 0 Å². The van der Waals surface area contributed by atoms with Gasteiger partial charge in [-0.25, -0.2) is 0 Å². The van der Waals surface area contributed by atoms with Crippen LogP contribution in [0.15, 0.2) is 36.4 Å². The fourth-order valence-corrected chi connectivity index (χ4v) is 2.17. The summed E-state index contributed by atoms with van der Waals surface area (Å²) >= 11 is 18.1. The largest absolute Gasteiger partial charge is 0.489 e. The molecule has 0 saturated heterocycles. The maximum atomic E-state index is 8.81. The maximum Gasteiger partial charge on any atom is 0.121 e. The van der Waals surface area contributed by atoms with Crippen LogP contribution < -0.4 is 4.74 Å². The lowest BCUT2D eigenvalue weighted by molar-refractivity contribution is 0.306. The molecule has 0 spiro atoms. The van der Waals surface area contributed by atoms with Crippen LogP contribution in [0.2, 0.25) is 15.1 Å². The lowest BCUT2D eigenvalue weighted by Crippen LogP contribution is -1.98. The van der Waals surface area contributed by atoms with Crippen LogP contribution in [-0.2, 0) is 6.61 Å². The summed E-state index contributed by atoms with van der Waals surface area (Å²) in [5.41, 5.74) is 1.15. The van der Waals surface area contributed by atoms with Gasteiger partial charge < -0.3 is 4.74 Å². The minimum Gasteiger partial charge on any atom is -0.489 e. The van der Waals surface area contributed by atoms with Crippen molar-refractivity contribution < 1.29 is 4.74 Å². The van der Waals surface area contributed by atoms with Gasteiger partial charge in [-0.2, -0.15) is 5.26 Å². The first-order chi connectivity index (χ1) is 9.11. The zero-order chi connectivity index (χ0) is 13.8. The molecule has 0 bridgehead atoms. The first-order valence-electron chi connectivity index (χ1n) is 5.37. The first-order valence-corrected chi connectivity index (χ1v) is 6.50. The smallest absolute Gasteiger partial charge is 0.121 e. The number of rotatable bonds is 3. The molecule has 0 aliphatic heterocycles. The zero-order valence-corrected chi connectivity index (χ0v) is 11.9. The second-order valence-electron chi connectivity index (χ2n) is 3.75. The molecular formula is C14H8Cl3NO. The molecule has 2 nitrogen and oxygen atoms in total. The Morgan fingerprint density at radius 2 is 1.79 bits per heavy atom. The van der Waals surface area contributed by atoms with Gasteiger partial charge in [0.1, 0.15) is 12.4 Å². The SMILES string of the molecule is N#Cc1cccc(OCc2c(Cl)ccc(Cl)c2Cl)c1. The molecule has 0 aliphatic rings. The summed E-state index contributed by atoms with van der Waals surface area (Å²) in [5, 5.41) is 10.1. The quantitative estimate of drug-likeness (QED) is 0.739. The van der Waals surface area contributed by atoms with Gasteiger partial charge in [0.15, 0.2) is 0 Å². The molecule has 0 radical (unpaired) electrons. The van der Waals surface area contributed by atoms with Crippen LogP contribution in [0.4, 0.5) is 0 Å². The summed E-state index contributed by atoms with van der Waals surface area (Å²) in [7, 11) is 0. The van der Waals surface area contributed by atoms with Crippen molar-refractivity contribution in [2.45, 2.75) is 6.61 Å². The summed E-state index contributed by atoms with van der Waals surface area (Å²) < 4.78 is 5.57. The molecule has 0 N–H and O–H groups in total. The number of nitrogens with zero attached hydrogens (tertiary/aromatic N) is 1. The minimum absolute atomic E-state index is 0.188. The molecule has 19 heavy (non-hydrogen) atoms. The van der Waals surface area contributed by atoms with Crippen molar-refractivity contribution in [2.75, 3.05) is 0 Å². The van der Waals surface area contributed by atoms with Crippen molar-refractivity contribution in [3.05, 3.63) is 62.6 Å². The van der Waals surface area contributed by atoms with E-state index in [9.17, 15) is 0 Å². The molecule has 0 aromatic heterocycles. The van der Waals surface area contributed by atoms with Crippen LogP contribution >= 0.6 is 34.8 Å². The molecular weight excluding hydrogens is 305 g/mol. The topological polar surface area (TPSA) is 33.0 Å². The molecule has 0 heterocycles. The van der Waals surface area contributed by atoms with Crippen LogP contribution in [0.25, 0.3) is 0 Å². The molecule has 0 atom stereocenters. The summed E-state index contributed by atoms with van der Waals surface area (Å²) in [5.74, 6) is 0.575. The first kappa shape index (κ1) is 14.0. The van der Waals surface area contributed by atoms with Gasteiger partial charge in [0, 0.05) is 10.6 Å². The average Bonchev–Trinajstić information content (AvgIpc) is 2.43. The Hall–Kier alpha value is -1.40. The van der Waals surface area contributed by atoms with E-state index in [1.807, 2.05) is 6.07 Å². The summed E-state index contributed by atoms with van der Waals surface area (Å²) in [6, 6.07) is 12.2. The van der Waals surface area contributed by atoms with E-state index in [2.05, 4.69) is 0 Å². The molecule has 0 saturated carbocycles. The van der Waals surface area contributed by atoms with E-state index < -0.39 is 0 Å². The highest BCUT2D eigenvalue weighted by Crippen LogP contribution is 2.32. The molecule has 0 amide bonds. The highest BCUT2D eigenvalue weighted by molar-refractivity contribution is 6.44. The third-order valence-corrected chi connectivity index (χ3v) is 3.68. The van der Waals surface area contributed by atoms with Gasteiger partial charge in [-0.3, -0.25) is 0 Å². The summed E-state index contributed by atoms with van der Waals surface area (Å²) in [4.78, 5) is 0. The second kappa shape index (κ2) is 6.16. The number of hydrogen-bond acceptors (Lipinski definition) is 2. The van der Waals surface area contributed by atoms with E-state index in [0.717, 1.165) is 0 Å². The fourth-order valence-electron chi connectivity index (χ4n) is 1.51. The summed E-state index contributed by atoms with van der Waals surface area (Å²) in [6.07, 6.45) is 0. The van der Waals surface area contributed by atoms with Crippen LogP contribution in [0.5, 0.6) is 5.75 Å². The molecule has 2 rings (SSSR count). The fraction of sp³-hybridized carbons (Fsp3) is 0.0714.